The molecule has 0 saturated carbocycles. The SMILES string of the molecule is CN(C(=O)C1(C)CCNCC1)c1ccc(O)cc1. The number of carbonyl (C=O) groups excluding carboxylic acids is 1. The van der Waals surface area contributed by atoms with Crippen LogP contribution in [0.5, 0.6) is 5.75 Å². The maximum Gasteiger partial charge on any atom is 0.232 e. The number of anilines is 1. The molecule has 0 spiro atoms. The molecule has 1 aliphatic heterocycles. The third kappa shape index (κ3) is 2.48. The van der Waals surface area contributed by atoms with Crippen molar-refractivity contribution in [1.82, 2.24) is 5.32 Å². The van der Waals surface area contributed by atoms with Crippen molar-refractivity contribution in [3.8, 4) is 5.75 Å². The Morgan fingerprint density at radius 1 is 1.28 bits per heavy atom. The van der Waals surface area contributed by atoms with Crippen LogP contribution in [0.15, 0.2) is 24.3 Å². The maximum absolute atomic E-state index is 12.5. The average molecular weight is 248 g/mol. The lowest BCUT2D eigenvalue weighted by Gasteiger charge is -2.36. The van der Waals surface area contributed by atoms with E-state index in [-0.39, 0.29) is 17.1 Å². The summed E-state index contributed by atoms with van der Waals surface area (Å²) in [5.41, 5.74) is 0.537. The molecule has 4 heteroatoms. The molecule has 0 unspecified atom stereocenters. The van der Waals surface area contributed by atoms with Gasteiger partial charge in [-0.05, 0) is 50.2 Å². The van der Waals surface area contributed by atoms with Gasteiger partial charge in [0.15, 0.2) is 0 Å². The molecule has 0 aliphatic carbocycles. The van der Waals surface area contributed by atoms with E-state index in [9.17, 15) is 9.90 Å². The molecule has 1 aromatic carbocycles. The smallest absolute Gasteiger partial charge is 0.232 e. The van der Waals surface area contributed by atoms with Gasteiger partial charge in [0.05, 0.1) is 0 Å². The van der Waals surface area contributed by atoms with E-state index in [1.54, 1.807) is 36.2 Å². The van der Waals surface area contributed by atoms with E-state index in [1.165, 1.54) is 0 Å². The second-order valence-electron chi connectivity index (χ2n) is 5.19. The molecule has 2 rings (SSSR count). The number of rotatable bonds is 2. The van der Waals surface area contributed by atoms with Crippen molar-refractivity contribution in [2.75, 3.05) is 25.0 Å². The number of hydrogen-bond donors (Lipinski definition) is 2. The van der Waals surface area contributed by atoms with Gasteiger partial charge in [-0.15, -0.1) is 0 Å². The van der Waals surface area contributed by atoms with Gasteiger partial charge in [-0.25, -0.2) is 0 Å². The van der Waals surface area contributed by atoms with Gasteiger partial charge >= 0.3 is 0 Å². The highest BCUT2D eigenvalue weighted by atomic mass is 16.3. The van der Waals surface area contributed by atoms with Crippen molar-refractivity contribution in [2.24, 2.45) is 5.41 Å². The van der Waals surface area contributed by atoms with Crippen LogP contribution in [0.1, 0.15) is 19.8 Å². The third-order valence-corrected chi connectivity index (χ3v) is 3.77. The molecule has 0 atom stereocenters. The Bertz CT molecular complexity index is 422. The Morgan fingerprint density at radius 2 is 1.83 bits per heavy atom. The molecule has 0 bridgehead atoms. The Hall–Kier alpha value is -1.55. The van der Waals surface area contributed by atoms with Crippen LogP contribution in [0, 0.1) is 5.41 Å². The molecule has 0 radical (unpaired) electrons. The lowest BCUT2D eigenvalue weighted by molar-refractivity contribution is -0.128. The Morgan fingerprint density at radius 3 is 2.39 bits per heavy atom. The molecule has 1 fully saturated rings. The lowest BCUT2D eigenvalue weighted by atomic mass is 9.79. The highest BCUT2D eigenvalue weighted by Crippen LogP contribution is 2.32. The molecule has 18 heavy (non-hydrogen) atoms. The van der Waals surface area contributed by atoms with E-state index < -0.39 is 0 Å². The third-order valence-electron chi connectivity index (χ3n) is 3.77. The topological polar surface area (TPSA) is 52.6 Å². The minimum atomic E-state index is -0.280. The normalized spacial score (nSPS) is 18.3. The fourth-order valence-electron chi connectivity index (χ4n) is 2.39. The predicted octanol–water partition coefficient (Wildman–Crippen LogP) is 1.74. The highest BCUT2D eigenvalue weighted by Gasteiger charge is 2.36. The number of nitrogens with one attached hydrogen (secondary N) is 1. The molecule has 1 amide bonds. The standard InChI is InChI=1S/C14H20N2O2/c1-14(7-9-15-10-8-14)13(18)16(2)11-3-5-12(17)6-4-11/h3-6,15,17H,7-10H2,1-2H3. The summed E-state index contributed by atoms with van der Waals surface area (Å²) in [6, 6.07) is 6.73. The zero-order valence-corrected chi connectivity index (χ0v) is 10.9. The molecule has 2 N–H and O–H groups in total. The van der Waals surface area contributed by atoms with Crippen LogP contribution < -0.4 is 10.2 Å². The first-order valence-corrected chi connectivity index (χ1v) is 6.31. The quantitative estimate of drug-likeness (QED) is 0.838. The molecular weight excluding hydrogens is 228 g/mol. The van der Waals surface area contributed by atoms with E-state index in [2.05, 4.69) is 5.32 Å². The number of aromatic hydroxyl groups is 1. The minimum Gasteiger partial charge on any atom is -0.508 e. The number of nitrogens with zero attached hydrogens (tertiary/aromatic N) is 1. The number of phenols is 1. The summed E-state index contributed by atoms with van der Waals surface area (Å²) < 4.78 is 0. The van der Waals surface area contributed by atoms with Crippen LogP contribution in [-0.2, 0) is 4.79 Å². The second-order valence-corrected chi connectivity index (χ2v) is 5.19. The van der Waals surface area contributed by atoms with Gasteiger partial charge in [0.25, 0.3) is 0 Å². The van der Waals surface area contributed by atoms with Crippen LogP contribution in [0.2, 0.25) is 0 Å². The zero-order valence-electron chi connectivity index (χ0n) is 10.9. The maximum atomic E-state index is 12.5. The molecule has 1 aromatic rings. The first-order chi connectivity index (χ1) is 8.53. The van der Waals surface area contributed by atoms with Gasteiger partial charge in [0, 0.05) is 18.2 Å². The Balaban J connectivity index is 2.15. The van der Waals surface area contributed by atoms with Crippen molar-refractivity contribution < 1.29 is 9.90 Å². The van der Waals surface area contributed by atoms with E-state index in [0.717, 1.165) is 31.6 Å². The van der Waals surface area contributed by atoms with Crippen LogP contribution in [-0.4, -0.2) is 31.2 Å². The number of piperidine rings is 1. The van der Waals surface area contributed by atoms with Crippen molar-refractivity contribution in [3.63, 3.8) is 0 Å². The number of hydrogen-bond acceptors (Lipinski definition) is 3. The van der Waals surface area contributed by atoms with Gasteiger partial charge in [-0.1, -0.05) is 6.92 Å². The molecule has 98 valence electrons. The summed E-state index contributed by atoms with van der Waals surface area (Å²) in [5.74, 6) is 0.363. The summed E-state index contributed by atoms with van der Waals surface area (Å²) in [4.78, 5) is 14.2. The first kappa shape index (κ1) is 12.9. The Labute approximate surface area is 108 Å². The van der Waals surface area contributed by atoms with Gasteiger partial charge < -0.3 is 15.3 Å². The summed E-state index contributed by atoms with van der Waals surface area (Å²) in [6.45, 7) is 3.82. The summed E-state index contributed by atoms with van der Waals surface area (Å²) in [6.07, 6.45) is 1.74. The predicted molar refractivity (Wildman–Crippen MR) is 71.7 cm³/mol. The van der Waals surface area contributed by atoms with Gasteiger partial charge in [-0.2, -0.15) is 0 Å². The summed E-state index contributed by atoms with van der Waals surface area (Å²) >= 11 is 0. The van der Waals surface area contributed by atoms with Gasteiger partial charge in [-0.3, -0.25) is 4.79 Å². The van der Waals surface area contributed by atoms with Gasteiger partial charge in [0.2, 0.25) is 5.91 Å². The van der Waals surface area contributed by atoms with Crippen LogP contribution in [0.4, 0.5) is 5.69 Å². The lowest BCUT2D eigenvalue weighted by Crippen LogP contribution is -2.46. The van der Waals surface area contributed by atoms with Crippen molar-refractivity contribution >= 4 is 11.6 Å². The molecule has 0 aromatic heterocycles. The zero-order chi connectivity index (χ0) is 13.2. The highest BCUT2D eigenvalue weighted by molar-refractivity contribution is 5.97. The molecular formula is C14H20N2O2. The van der Waals surface area contributed by atoms with Crippen LogP contribution in [0.25, 0.3) is 0 Å². The monoisotopic (exact) mass is 248 g/mol. The second kappa shape index (κ2) is 4.98. The number of amides is 1. The van der Waals surface area contributed by atoms with Crippen LogP contribution in [0.3, 0.4) is 0 Å². The molecule has 1 heterocycles. The largest absolute Gasteiger partial charge is 0.508 e. The van der Waals surface area contributed by atoms with E-state index >= 15 is 0 Å². The Kier molecular flexibility index (Phi) is 3.57. The fourth-order valence-corrected chi connectivity index (χ4v) is 2.39. The molecule has 1 saturated heterocycles. The number of phenolic OH excluding ortho intramolecular Hbond substituents is 1. The molecule has 1 aliphatic rings. The van der Waals surface area contributed by atoms with E-state index in [4.69, 9.17) is 0 Å². The van der Waals surface area contributed by atoms with Gasteiger partial charge in [0.1, 0.15) is 5.75 Å². The van der Waals surface area contributed by atoms with Crippen molar-refractivity contribution in [1.29, 1.82) is 0 Å². The van der Waals surface area contributed by atoms with E-state index in [1.807, 2.05) is 6.92 Å². The summed E-state index contributed by atoms with van der Waals surface area (Å²) in [7, 11) is 1.79. The molecule has 4 nitrogen and oxygen atoms in total. The van der Waals surface area contributed by atoms with E-state index in [0.29, 0.717) is 0 Å². The van der Waals surface area contributed by atoms with Crippen LogP contribution >= 0.6 is 0 Å². The number of benzene rings is 1. The minimum absolute atomic E-state index is 0.148. The summed E-state index contributed by atoms with van der Waals surface area (Å²) in [5, 5.41) is 12.5. The fraction of sp³-hybridized carbons (Fsp3) is 0.500. The van der Waals surface area contributed by atoms with Crippen molar-refractivity contribution in [3.05, 3.63) is 24.3 Å². The van der Waals surface area contributed by atoms with Crippen molar-refractivity contribution in [2.45, 2.75) is 19.8 Å². The number of carbonyl (C=O) groups is 1. The first-order valence-electron chi connectivity index (χ1n) is 6.31. The average Bonchev–Trinajstić information content (AvgIpc) is 2.39.